The monoisotopic (exact) mass is 138 g/mol. The summed E-state index contributed by atoms with van der Waals surface area (Å²) in [5.74, 6) is 4.34. The van der Waals surface area contributed by atoms with Gasteiger partial charge in [-0.2, -0.15) is 0 Å². The minimum atomic E-state index is 1.04. The van der Waals surface area contributed by atoms with Gasteiger partial charge < -0.3 is 0 Å². The largest absolute Gasteiger partial charge is 0.0622 e. The van der Waals surface area contributed by atoms with Gasteiger partial charge in [-0.1, -0.05) is 26.7 Å². The first-order chi connectivity index (χ1) is 4.79. The summed E-state index contributed by atoms with van der Waals surface area (Å²) in [5.41, 5.74) is 0. The summed E-state index contributed by atoms with van der Waals surface area (Å²) in [7, 11) is 0. The molecule has 58 valence electrons. The van der Waals surface area contributed by atoms with Crippen molar-refractivity contribution in [2.45, 2.75) is 39.5 Å². The lowest BCUT2D eigenvalue weighted by Gasteiger charge is -2.18. The molecule has 10 heavy (non-hydrogen) atoms. The number of hydrogen-bond acceptors (Lipinski definition) is 0. The van der Waals surface area contributed by atoms with E-state index in [9.17, 15) is 0 Å². The van der Waals surface area contributed by atoms with Gasteiger partial charge in [0.15, 0.2) is 0 Å². The second kappa shape index (κ2) is 2.25. The number of rotatable bonds is 1. The van der Waals surface area contributed by atoms with Gasteiger partial charge in [-0.25, -0.2) is 0 Å². The van der Waals surface area contributed by atoms with Crippen molar-refractivity contribution in [3.8, 4) is 0 Å². The predicted octanol–water partition coefficient (Wildman–Crippen LogP) is 3.08. The van der Waals surface area contributed by atoms with Crippen LogP contribution in [0.4, 0.5) is 0 Å². The fourth-order valence-corrected chi connectivity index (χ4v) is 2.88. The lowest BCUT2D eigenvalue weighted by atomic mass is 9.87. The fourth-order valence-electron chi connectivity index (χ4n) is 2.88. The van der Waals surface area contributed by atoms with E-state index in [4.69, 9.17) is 0 Å². The van der Waals surface area contributed by atoms with Crippen molar-refractivity contribution in [2.24, 2.45) is 23.7 Å². The maximum Gasteiger partial charge on any atom is -0.0334 e. The van der Waals surface area contributed by atoms with Crippen LogP contribution in [0.5, 0.6) is 0 Å². The third kappa shape index (κ3) is 0.980. The molecule has 0 radical (unpaired) electrons. The average molecular weight is 138 g/mol. The van der Waals surface area contributed by atoms with Gasteiger partial charge in [-0.05, 0) is 36.5 Å². The van der Waals surface area contributed by atoms with E-state index in [1.165, 1.54) is 12.8 Å². The summed E-state index contributed by atoms with van der Waals surface area (Å²) >= 11 is 0. The third-order valence-corrected chi connectivity index (χ3v) is 3.56. The first-order valence-corrected chi connectivity index (χ1v) is 4.79. The first kappa shape index (κ1) is 6.69. The summed E-state index contributed by atoms with van der Waals surface area (Å²) in [6.45, 7) is 4.90. The van der Waals surface area contributed by atoms with E-state index in [2.05, 4.69) is 13.8 Å². The Morgan fingerprint density at radius 1 is 0.800 bits per heavy atom. The molecule has 2 atom stereocenters. The van der Waals surface area contributed by atoms with Crippen LogP contribution in [0, 0.1) is 23.7 Å². The van der Waals surface area contributed by atoms with Crippen molar-refractivity contribution in [1.82, 2.24) is 0 Å². The van der Waals surface area contributed by atoms with Crippen LogP contribution < -0.4 is 0 Å². The van der Waals surface area contributed by atoms with Gasteiger partial charge >= 0.3 is 0 Å². The molecule has 0 spiro atoms. The summed E-state index contributed by atoms with van der Waals surface area (Å²) < 4.78 is 0. The molecule has 2 unspecified atom stereocenters. The topological polar surface area (TPSA) is 0 Å². The normalized spacial score (nSPS) is 48.0. The molecule has 0 amide bonds. The zero-order valence-electron chi connectivity index (χ0n) is 7.14. The van der Waals surface area contributed by atoms with Crippen molar-refractivity contribution in [1.29, 1.82) is 0 Å². The molecule has 2 rings (SSSR count). The molecule has 0 saturated heterocycles. The molecule has 2 fully saturated rings. The Labute approximate surface area is 64.0 Å². The van der Waals surface area contributed by atoms with Gasteiger partial charge in [0.05, 0.1) is 0 Å². The molecule has 0 aliphatic heterocycles. The van der Waals surface area contributed by atoms with E-state index in [1.807, 2.05) is 0 Å². The van der Waals surface area contributed by atoms with E-state index < -0.39 is 0 Å². The Bertz CT molecular complexity index is 114. The van der Waals surface area contributed by atoms with Gasteiger partial charge in [-0.3, -0.25) is 0 Å². The highest BCUT2D eigenvalue weighted by molar-refractivity contribution is 4.91. The molecule has 0 heterocycles. The van der Waals surface area contributed by atoms with Gasteiger partial charge in [-0.15, -0.1) is 0 Å². The SMILES string of the molecule is CC1CCC(C)C1C1CC1. The molecule has 0 N–H and O–H groups in total. The molecule has 0 heteroatoms. The molecular weight excluding hydrogens is 120 g/mol. The van der Waals surface area contributed by atoms with Crippen molar-refractivity contribution >= 4 is 0 Å². The van der Waals surface area contributed by atoms with E-state index in [0.717, 1.165) is 23.7 Å². The highest BCUT2D eigenvalue weighted by atomic mass is 14.5. The Morgan fingerprint density at radius 2 is 1.30 bits per heavy atom. The van der Waals surface area contributed by atoms with E-state index in [0.29, 0.717) is 0 Å². The smallest absolute Gasteiger partial charge is 0.0334 e. The van der Waals surface area contributed by atoms with Crippen LogP contribution in [0.3, 0.4) is 0 Å². The Balaban J connectivity index is 2.01. The zero-order valence-corrected chi connectivity index (χ0v) is 7.14. The fraction of sp³-hybridized carbons (Fsp3) is 1.00. The van der Waals surface area contributed by atoms with Crippen LogP contribution in [0.1, 0.15) is 39.5 Å². The summed E-state index contributed by atoms with van der Waals surface area (Å²) in [5, 5.41) is 0. The van der Waals surface area contributed by atoms with Gasteiger partial charge in [0.1, 0.15) is 0 Å². The molecule has 0 bridgehead atoms. The molecule has 0 nitrogen and oxygen atoms in total. The van der Waals surface area contributed by atoms with Crippen LogP contribution in [0.2, 0.25) is 0 Å². The molecule has 2 saturated carbocycles. The van der Waals surface area contributed by atoms with Crippen molar-refractivity contribution < 1.29 is 0 Å². The summed E-state index contributed by atoms with van der Waals surface area (Å²) in [4.78, 5) is 0. The second-order valence-corrected chi connectivity index (χ2v) is 4.45. The summed E-state index contributed by atoms with van der Waals surface area (Å²) in [6, 6.07) is 0. The lowest BCUT2D eigenvalue weighted by molar-refractivity contribution is 0.304. The second-order valence-electron chi connectivity index (χ2n) is 4.45. The van der Waals surface area contributed by atoms with E-state index in [1.54, 1.807) is 12.8 Å². The Hall–Kier alpha value is 0. The van der Waals surface area contributed by atoms with Gasteiger partial charge in [0, 0.05) is 0 Å². The molecular formula is C10H18. The van der Waals surface area contributed by atoms with Crippen molar-refractivity contribution in [3.63, 3.8) is 0 Å². The van der Waals surface area contributed by atoms with E-state index in [-0.39, 0.29) is 0 Å². The third-order valence-electron chi connectivity index (χ3n) is 3.56. The van der Waals surface area contributed by atoms with Gasteiger partial charge in [0.2, 0.25) is 0 Å². The molecule has 0 aromatic carbocycles. The maximum atomic E-state index is 2.45. The molecule has 0 aromatic rings. The van der Waals surface area contributed by atoms with Crippen molar-refractivity contribution in [3.05, 3.63) is 0 Å². The van der Waals surface area contributed by atoms with Crippen LogP contribution in [0.25, 0.3) is 0 Å². The van der Waals surface area contributed by atoms with Crippen LogP contribution in [0.15, 0.2) is 0 Å². The number of hydrogen-bond donors (Lipinski definition) is 0. The first-order valence-electron chi connectivity index (χ1n) is 4.79. The molecule has 2 aliphatic carbocycles. The minimum absolute atomic E-state index is 1.04. The highest BCUT2D eigenvalue weighted by Crippen LogP contribution is 2.50. The maximum absolute atomic E-state index is 2.45. The molecule has 2 aliphatic rings. The lowest BCUT2D eigenvalue weighted by Crippen LogP contribution is -2.12. The predicted molar refractivity (Wildman–Crippen MR) is 43.8 cm³/mol. The highest BCUT2D eigenvalue weighted by Gasteiger charge is 2.41. The van der Waals surface area contributed by atoms with E-state index >= 15 is 0 Å². The summed E-state index contributed by atoms with van der Waals surface area (Å²) in [6.07, 6.45) is 6.09. The average Bonchev–Trinajstić information content (AvgIpc) is 2.64. The van der Waals surface area contributed by atoms with Gasteiger partial charge in [0.25, 0.3) is 0 Å². The Morgan fingerprint density at radius 3 is 1.70 bits per heavy atom. The standard InChI is InChI=1S/C10H18/c1-7-3-4-8(2)10(7)9-5-6-9/h7-10H,3-6H2,1-2H3. The molecule has 0 aromatic heterocycles. The van der Waals surface area contributed by atoms with Crippen LogP contribution >= 0.6 is 0 Å². The van der Waals surface area contributed by atoms with Crippen LogP contribution in [-0.4, -0.2) is 0 Å². The van der Waals surface area contributed by atoms with Crippen molar-refractivity contribution in [2.75, 3.05) is 0 Å². The Kier molecular flexibility index (Phi) is 1.51. The zero-order chi connectivity index (χ0) is 7.14. The van der Waals surface area contributed by atoms with Crippen LogP contribution in [-0.2, 0) is 0 Å². The quantitative estimate of drug-likeness (QED) is 0.522. The minimum Gasteiger partial charge on any atom is -0.0622 e.